The molecule has 10 heteroatoms. The van der Waals surface area contributed by atoms with E-state index in [9.17, 15) is 25.9 Å². The molecule has 0 fully saturated rings. The zero-order valence-electron chi connectivity index (χ0n) is 14.5. The fourth-order valence-corrected chi connectivity index (χ4v) is 8.07. The molecule has 2 aromatic carbocycles. The molecule has 28 heavy (non-hydrogen) atoms. The van der Waals surface area contributed by atoms with E-state index in [2.05, 4.69) is 0 Å². The summed E-state index contributed by atoms with van der Waals surface area (Å²) in [4.78, 5) is -0.272. The van der Waals surface area contributed by atoms with E-state index in [-0.39, 0.29) is 9.79 Å². The van der Waals surface area contributed by atoms with Crippen LogP contribution in [-0.4, -0.2) is 25.9 Å². The molecule has 0 radical (unpaired) electrons. The van der Waals surface area contributed by atoms with Crippen LogP contribution in [0.2, 0.25) is 0 Å². The van der Waals surface area contributed by atoms with Crippen molar-refractivity contribution in [2.24, 2.45) is 0 Å². The van der Waals surface area contributed by atoms with E-state index in [0.717, 1.165) is 15.5 Å². The lowest BCUT2D eigenvalue weighted by Crippen LogP contribution is -2.03. The minimum atomic E-state index is -4.47. The first-order chi connectivity index (χ1) is 13.0. The zero-order chi connectivity index (χ0) is 20.2. The van der Waals surface area contributed by atoms with E-state index in [0.29, 0.717) is 37.4 Å². The molecular formula is C18H12O6S4. The number of fused-ring (bicyclic) bond motifs is 10. The third kappa shape index (κ3) is 2.24. The Morgan fingerprint density at radius 3 is 2.04 bits per heavy atom. The molecule has 144 valence electrons. The highest BCUT2D eigenvalue weighted by Crippen LogP contribution is 2.52. The van der Waals surface area contributed by atoms with E-state index in [1.54, 1.807) is 19.9 Å². The fraction of sp³-hybridized carbons (Fsp3) is 0.111. The summed E-state index contributed by atoms with van der Waals surface area (Å²) < 4.78 is 68.8. The van der Waals surface area contributed by atoms with Crippen molar-refractivity contribution in [1.29, 1.82) is 0 Å². The van der Waals surface area contributed by atoms with Crippen LogP contribution in [0, 0.1) is 13.8 Å². The van der Waals surface area contributed by atoms with Crippen LogP contribution < -0.4 is 0 Å². The molecule has 6 nitrogen and oxygen atoms in total. The van der Waals surface area contributed by atoms with Gasteiger partial charge < -0.3 is 0 Å². The van der Waals surface area contributed by atoms with Crippen molar-refractivity contribution in [3.8, 4) is 0 Å². The first kappa shape index (κ1) is 18.2. The topological polar surface area (TPSA) is 109 Å². The van der Waals surface area contributed by atoms with Gasteiger partial charge in [-0.1, -0.05) is 0 Å². The van der Waals surface area contributed by atoms with Crippen LogP contribution in [0.3, 0.4) is 0 Å². The van der Waals surface area contributed by atoms with Gasteiger partial charge in [-0.25, -0.2) is 0 Å². The second kappa shape index (κ2) is 5.41. The molecule has 3 aromatic heterocycles. The van der Waals surface area contributed by atoms with Gasteiger partial charge in [-0.05, 0) is 53.3 Å². The van der Waals surface area contributed by atoms with Gasteiger partial charge in [0, 0.05) is 36.3 Å². The summed E-state index contributed by atoms with van der Waals surface area (Å²) in [5.41, 5.74) is 0.859. The first-order valence-corrected chi connectivity index (χ1v) is 12.7. The molecule has 2 N–H and O–H groups in total. The predicted octanol–water partition coefficient (Wildman–Crippen LogP) is 4.97. The van der Waals surface area contributed by atoms with Crippen molar-refractivity contribution >= 4 is 84.6 Å². The molecule has 0 amide bonds. The molecule has 0 unspecified atom stereocenters. The Morgan fingerprint density at radius 1 is 0.786 bits per heavy atom. The molecule has 0 saturated carbocycles. The Labute approximate surface area is 167 Å². The molecule has 0 aliphatic heterocycles. The normalized spacial score (nSPS) is 13.6. The van der Waals surface area contributed by atoms with Gasteiger partial charge in [0.2, 0.25) is 0 Å². The number of thiophene rings is 3. The summed E-state index contributed by atoms with van der Waals surface area (Å²) in [5.74, 6) is 0. The summed E-state index contributed by atoms with van der Waals surface area (Å²) in [5, 5.41) is 7.86. The van der Waals surface area contributed by atoms with Crippen molar-refractivity contribution in [2.75, 3.05) is 0 Å². The molecule has 5 aromatic rings. The van der Waals surface area contributed by atoms with Crippen LogP contribution in [0.5, 0.6) is 0 Å². The van der Waals surface area contributed by atoms with Crippen molar-refractivity contribution in [3.05, 3.63) is 34.0 Å². The predicted molar refractivity (Wildman–Crippen MR) is 113 cm³/mol. The highest BCUT2D eigenvalue weighted by Gasteiger charge is 2.29. The van der Waals surface area contributed by atoms with Gasteiger partial charge in [0.25, 0.3) is 20.2 Å². The van der Waals surface area contributed by atoms with Crippen molar-refractivity contribution in [1.82, 2.24) is 0 Å². The fourth-order valence-electron chi connectivity index (χ4n) is 4.04. The average molecular weight is 453 g/mol. The van der Waals surface area contributed by atoms with E-state index in [1.165, 1.54) is 28.7 Å². The molecule has 0 aliphatic carbocycles. The molecule has 0 atom stereocenters. The number of hydrogen-bond acceptors (Lipinski definition) is 6. The lowest BCUT2D eigenvalue weighted by molar-refractivity contribution is 0.481. The Hall–Kier alpha value is -1.82. The number of hydrogen-bond donors (Lipinski definition) is 2. The van der Waals surface area contributed by atoms with Crippen LogP contribution in [0.15, 0.2) is 32.7 Å². The minimum Gasteiger partial charge on any atom is -0.282 e. The van der Waals surface area contributed by atoms with Gasteiger partial charge in [-0.2, -0.15) is 28.2 Å². The molecular weight excluding hydrogens is 440 g/mol. The summed E-state index contributed by atoms with van der Waals surface area (Å²) >= 11 is 2.79. The highest BCUT2D eigenvalue weighted by atomic mass is 32.2. The Morgan fingerprint density at radius 2 is 1.39 bits per heavy atom. The summed E-state index contributed by atoms with van der Waals surface area (Å²) in [6.45, 7) is 3.25. The highest BCUT2D eigenvalue weighted by molar-refractivity contribution is 7.86. The van der Waals surface area contributed by atoms with Crippen LogP contribution in [0.25, 0.3) is 41.7 Å². The van der Waals surface area contributed by atoms with Gasteiger partial charge in [-0.15, -0.1) is 11.3 Å². The number of aryl methyl sites for hydroxylation is 2. The summed E-state index contributed by atoms with van der Waals surface area (Å²) in [6, 6.07) is 3.07. The maximum absolute atomic E-state index is 12.2. The van der Waals surface area contributed by atoms with E-state index < -0.39 is 20.2 Å². The molecule has 0 spiro atoms. The lowest BCUT2D eigenvalue weighted by atomic mass is 9.97. The minimum absolute atomic E-state index is 0.104. The largest absolute Gasteiger partial charge is 0.295 e. The standard InChI is InChI=1S/C18H12O6S4/c1-7-3-9-10(4-13(7)27(19,20)21)16-14-12-6-25-5-11(12)8(2)18(28(22,23)24)15(14)17(9)26-16/h3-6H,1-2H3,(H,19,20,21)(H,22,23,24). The Kier molecular flexibility index (Phi) is 3.52. The van der Waals surface area contributed by atoms with E-state index in [1.807, 2.05) is 10.8 Å². The summed E-state index contributed by atoms with van der Waals surface area (Å²) in [6.07, 6.45) is 0. The number of benzene rings is 3. The van der Waals surface area contributed by atoms with Crippen molar-refractivity contribution in [3.63, 3.8) is 0 Å². The Bertz CT molecular complexity index is 1670. The van der Waals surface area contributed by atoms with Crippen LogP contribution in [0.4, 0.5) is 0 Å². The average Bonchev–Trinajstić information content (AvgIpc) is 3.24. The van der Waals surface area contributed by atoms with Crippen molar-refractivity contribution in [2.45, 2.75) is 23.6 Å². The van der Waals surface area contributed by atoms with Crippen LogP contribution in [-0.2, 0) is 20.2 Å². The first-order valence-electron chi connectivity index (χ1n) is 8.05. The lowest BCUT2D eigenvalue weighted by Gasteiger charge is -2.11. The molecule has 3 heterocycles. The van der Waals surface area contributed by atoms with E-state index in [4.69, 9.17) is 0 Å². The van der Waals surface area contributed by atoms with E-state index >= 15 is 0 Å². The SMILES string of the molecule is Cc1cc2c(cc1S(=O)(=O)O)c1sc2c2c(S(=O)(=O)O)c(C)c3cscc3c12. The molecule has 2 bridgehead atoms. The maximum atomic E-state index is 12.2. The smallest absolute Gasteiger partial charge is 0.282 e. The van der Waals surface area contributed by atoms with Gasteiger partial charge >= 0.3 is 0 Å². The Balaban J connectivity index is 2.13. The second-order valence-corrected chi connectivity index (χ2v) is 11.3. The molecule has 0 aliphatic rings. The summed E-state index contributed by atoms with van der Waals surface area (Å²) in [7, 11) is -8.86. The zero-order valence-corrected chi connectivity index (χ0v) is 17.7. The molecule has 5 rings (SSSR count). The third-order valence-electron chi connectivity index (χ3n) is 5.15. The quantitative estimate of drug-likeness (QED) is 0.289. The third-order valence-corrected chi connectivity index (χ3v) is 9.17. The van der Waals surface area contributed by atoms with Crippen molar-refractivity contribution < 1.29 is 25.9 Å². The van der Waals surface area contributed by atoms with Gasteiger partial charge in [0.05, 0.1) is 4.90 Å². The maximum Gasteiger partial charge on any atom is 0.295 e. The van der Waals surface area contributed by atoms with Crippen LogP contribution >= 0.6 is 22.7 Å². The van der Waals surface area contributed by atoms with Gasteiger partial charge in [0.15, 0.2) is 0 Å². The number of rotatable bonds is 2. The monoisotopic (exact) mass is 452 g/mol. The van der Waals surface area contributed by atoms with Gasteiger partial charge in [0.1, 0.15) is 4.90 Å². The van der Waals surface area contributed by atoms with Crippen LogP contribution in [0.1, 0.15) is 11.1 Å². The second-order valence-electron chi connectivity index (χ2n) is 6.78. The molecule has 0 saturated heterocycles. The van der Waals surface area contributed by atoms with Gasteiger partial charge in [-0.3, -0.25) is 9.11 Å².